The molecule has 3 rings (SSSR count). The van der Waals surface area contributed by atoms with Gasteiger partial charge in [-0.05, 0) is 36.6 Å². The van der Waals surface area contributed by atoms with Crippen LogP contribution in [0.25, 0.3) is 10.8 Å². The van der Waals surface area contributed by atoms with E-state index >= 15 is 0 Å². The molecule has 0 saturated heterocycles. The smallest absolute Gasteiger partial charge is 0.339 e. The molecular weight excluding hydrogens is 386 g/mol. The minimum atomic E-state index is -0.872. The second-order valence-electron chi connectivity index (χ2n) is 6.47. The lowest BCUT2D eigenvalue weighted by Crippen LogP contribution is -2.31. The third-order valence-corrected chi connectivity index (χ3v) is 4.53. The van der Waals surface area contributed by atoms with Crippen molar-refractivity contribution in [3.63, 3.8) is 0 Å². The van der Waals surface area contributed by atoms with E-state index in [1.807, 2.05) is 36.4 Å². The van der Waals surface area contributed by atoms with Gasteiger partial charge in [0.15, 0.2) is 6.10 Å². The second kappa shape index (κ2) is 9.09. The minimum Gasteiger partial charge on any atom is -0.480 e. The lowest BCUT2D eigenvalue weighted by Gasteiger charge is -2.17. The highest BCUT2D eigenvalue weighted by Gasteiger charge is 2.21. The quantitative estimate of drug-likeness (QED) is 0.625. The number of hydrogen-bond donors (Lipinski definition) is 1. The summed E-state index contributed by atoms with van der Waals surface area (Å²) in [5.41, 5.74) is 0.419. The van der Waals surface area contributed by atoms with Gasteiger partial charge in [0.2, 0.25) is 0 Å². The van der Waals surface area contributed by atoms with Crippen molar-refractivity contribution in [2.45, 2.75) is 13.0 Å². The molecule has 30 heavy (non-hydrogen) atoms. The van der Waals surface area contributed by atoms with E-state index in [9.17, 15) is 14.4 Å². The second-order valence-corrected chi connectivity index (χ2v) is 6.47. The van der Waals surface area contributed by atoms with E-state index in [0.29, 0.717) is 5.75 Å². The molecule has 7 nitrogen and oxygen atoms in total. The van der Waals surface area contributed by atoms with E-state index in [2.05, 4.69) is 5.32 Å². The monoisotopic (exact) mass is 407 g/mol. The molecule has 3 aromatic rings. The van der Waals surface area contributed by atoms with Crippen molar-refractivity contribution in [1.82, 2.24) is 0 Å². The van der Waals surface area contributed by atoms with Crippen molar-refractivity contribution in [3.8, 4) is 5.75 Å². The van der Waals surface area contributed by atoms with E-state index < -0.39 is 23.9 Å². The zero-order valence-corrected chi connectivity index (χ0v) is 16.8. The zero-order valence-electron chi connectivity index (χ0n) is 16.8. The van der Waals surface area contributed by atoms with Crippen LogP contribution >= 0.6 is 0 Å². The van der Waals surface area contributed by atoms with E-state index in [1.165, 1.54) is 32.4 Å². The van der Waals surface area contributed by atoms with Crippen LogP contribution in [0.3, 0.4) is 0 Å². The topological polar surface area (TPSA) is 90.9 Å². The molecule has 7 heteroatoms. The summed E-state index contributed by atoms with van der Waals surface area (Å²) in [7, 11) is 2.48. The Kier molecular flexibility index (Phi) is 6.32. The average molecular weight is 407 g/mol. The van der Waals surface area contributed by atoms with Gasteiger partial charge in [0.25, 0.3) is 5.91 Å². The van der Waals surface area contributed by atoms with Crippen LogP contribution in [0.15, 0.2) is 60.7 Å². The van der Waals surface area contributed by atoms with Crippen LogP contribution in [0.2, 0.25) is 0 Å². The molecule has 0 aliphatic rings. The fourth-order valence-corrected chi connectivity index (χ4v) is 2.96. The van der Waals surface area contributed by atoms with E-state index in [4.69, 9.17) is 14.2 Å². The molecule has 0 spiro atoms. The predicted molar refractivity (Wildman–Crippen MR) is 112 cm³/mol. The number of ether oxygens (including phenoxy) is 3. The number of carbonyl (C=O) groups is 3. The normalized spacial score (nSPS) is 11.4. The third-order valence-electron chi connectivity index (χ3n) is 4.53. The van der Waals surface area contributed by atoms with Crippen LogP contribution in [0.1, 0.15) is 27.6 Å². The summed E-state index contributed by atoms with van der Waals surface area (Å²) in [4.78, 5) is 36.6. The molecule has 0 fully saturated rings. The average Bonchev–Trinajstić information content (AvgIpc) is 2.78. The molecule has 0 aliphatic carbocycles. The number of nitrogens with one attached hydrogen (secondary N) is 1. The summed E-state index contributed by atoms with van der Waals surface area (Å²) in [6.07, 6.45) is -0.872. The number of anilines is 1. The number of amides is 1. The molecule has 1 N–H and O–H groups in total. The molecule has 0 unspecified atom stereocenters. The number of carbonyl (C=O) groups excluding carboxylic acids is 3. The maximum atomic E-state index is 12.8. The first-order valence-electron chi connectivity index (χ1n) is 9.20. The van der Waals surface area contributed by atoms with Gasteiger partial charge >= 0.3 is 11.9 Å². The van der Waals surface area contributed by atoms with Crippen molar-refractivity contribution in [3.05, 3.63) is 71.8 Å². The molecule has 1 amide bonds. The number of esters is 2. The van der Waals surface area contributed by atoms with Crippen LogP contribution in [-0.4, -0.2) is 38.2 Å². The summed E-state index contributed by atoms with van der Waals surface area (Å²) >= 11 is 0. The van der Waals surface area contributed by atoms with Gasteiger partial charge in [0.05, 0.1) is 31.0 Å². The van der Waals surface area contributed by atoms with Gasteiger partial charge in [-0.3, -0.25) is 4.79 Å². The highest BCUT2D eigenvalue weighted by Crippen LogP contribution is 2.26. The number of benzene rings is 3. The first-order valence-corrected chi connectivity index (χ1v) is 9.20. The predicted octanol–water partition coefficient (Wildman–Crippen LogP) is 3.82. The Morgan fingerprint density at radius 3 is 2.30 bits per heavy atom. The maximum absolute atomic E-state index is 12.8. The van der Waals surface area contributed by atoms with Gasteiger partial charge in [-0.25, -0.2) is 9.59 Å². The van der Waals surface area contributed by atoms with Crippen molar-refractivity contribution in [2.75, 3.05) is 19.5 Å². The van der Waals surface area contributed by atoms with Gasteiger partial charge < -0.3 is 19.5 Å². The fraction of sp³-hybridized carbons (Fsp3) is 0.174. The first kappa shape index (κ1) is 20.9. The SMILES string of the molecule is COC(=O)c1ccc(C(=O)OC)c(NC(=O)[C@H](C)Oc2cccc3ccccc23)c1. The Hall–Kier alpha value is -3.87. The number of fused-ring (bicyclic) bond motifs is 1. The summed E-state index contributed by atoms with van der Waals surface area (Å²) in [6.45, 7) is 1.60. The van der Waals surface area contributed by atoms with Crippen LogP contribution in [0.5, 0.6) is 5.75 Å². The Balaban J connectivity index is 1.85. The molecular formula is C23H21NO6. The highest BCUT2D eigenvalue weighted by atomic mass is 16.5. The molecule has 0 heterocycles. The lowest BCUT2D eigenvalue weighted by atomic mass is 10.1. The molecule has 3 aromatic carbocycles. The van der Waals surface area contributed by atoms with Crippen LogP contribution in [0, 0.1) is 0 Å². The van der Waals surface area contributed by atoms with Gasteiger partial charge in [-0.1, -0.05) is 36.4 Å². The largest absolute Gasteiger partial charge is 0.480 e. The van der Waals surface area contributed by atoms with E-state index in [1.54, 1.807) is 13.0 Å². The van der Waals surface area contributed by atoms with Crippen LogP contribution in [0.4, 0.5) is 5.69 Å². The van der Waals surface area contributed by atoms with E-state index in [0.717, 1.165) is 10.8 Å². The fourth-order valence-electron chi connectivity index (χ4n) is 2.96. The molecule has 0 radical (unpaired) electrons. The Morgan fingerprint density at radius 1 is 0.867 bits per heavy atom. The highest BCUT2D eigenvalue weighted by molar-refractivity contribution is 6.04. The van der Waals surface area contributed by atoms with Gasteiger partial charge in [-0.15, -0.1) is 0 Å². The van der Waals surface area contributed by atoms with Crippen molar-refractivity contribution < 1.29 is 28.6 Å². The van der Waals surface area contributed by atoms with Gasteiger partial charge in [-0.2, -0.15) is 0 Å². The standard InChI is InChI=1S/C23H21NO6/c1-14(30-20-10-6-8-15-7-4-5-9-17(15)20)21(25)24-19-13-16(22(26)28-2)11-12-18(19)23(27)29-3/h4-14H,1-3H3,(H,24,25)/t14-/m0/s1. The van der Waals surface area contributed by atoms with Crippen molar-refractivity contribution >= 4 is 34.3 Å². The lowest BCUT2D eigenvalue weighted by molar-refractivity contribution is -0.122. The Labute approximate surface area is 173 Å². The Morgan fingerprint density at radius 2 is 1.57 bits per heavy atom. The minimum absolute atomic E-state index is 0.107. The summed E-state index contributed by atoms with van der Waals surface area (Å²) < 4.78 is 15.3. The molecule has 1 atom stereocenters. The number of rotatable bonds is 6. The number of hydrogen-bond acceptors (Lipinski definition) is 6. The van der Waals surface area contributed by atoms with Crippen molar-refractivity contribution in [1.29, 1.82) is 0 Å². The molecule has 154 valence electrons. The summed E-state index contributed by atoms with van der Waals surface area (Å²) in [5.74, 6) is -1.17. The molecule has 0 aliphatic heterocycles. The summed E-state index contributed by atoms with van der Waals surface area (Å²) in [6, 6.07) is 17.4. The van der Waals surface area contributed by atoms with Gasteiger partial charge in [0, 0.05) is 5.39 Å². The van der Waals surface area contributed by atoms with Crippen molar-refractivity contribution in [2.24, 2.45) is 0 Å². The van der Waals surface area contributed by atoms with E-state index in [-0.39, 0.29) is 16.8 Å². The van der Waals surface area contributed by atoms with Crippen LogP contribution < -0.4 is 10.1 Å². The van der Waals surface area contributed by atoms with Gasteiger partial charge in [0.1, 0.15) is 5.75 Å². The summed E-state index contributed by atoms with van der Waals surface area (Å²) in [5, 5.41) is 4.51. The molecule has 0 saturated carbocycles. The first-order chi connectivity index (χ1) is 14.4. The maximum Gasteiger partial charge on any atom is 0.339 e. The molecule has 0 aromatic heterocycles. The zero-order chi connectivity index (χ0) is 21.7. The third kappa shape index (κ3) is 4.41. The molecule has 0 bridgehead atoms. The Bertz CT molecular complexity index is 1100. The number of methoxy groups -OCH3 is 2. The van der Waals surface area contributed by atoms with Crippen LogP contribution in [-0.2, 0) is 14.3 Å².